The Morgan fingerprint density at radius 1 is 1.14 bits per heavy atom. The number of guanidine groups is 1. The lowest BCUT2D eigenvalue weighted by molar-refractivity contribution is 0.289. The van der Waals surface area contributed by atoms with Gasteiger partial charge in [0.05, 0.1) is 18.5 Å². The van der Waals surface area contributed by atoms with Gasteiger partial charge in [-0.2, -0.15) is 5.10 Å². The van der Waals surface area contributed by atoms with Crippen molar-refractivity contribution in [3.63, 3.8) is 0 Å². The van der Waals surface area contributed by atoms with E-state index in [2.05, 4.69) is 45.7 Å². The molecule has 2 N–H and O–H groups in total. The van der Waals surface area contributed by atoms with Gasteiger partial charge in [0.15, 0.2) is 0 Å². The minimum absolute atomic E-state index is 0.287. The van der Waals surface area contributed by atoms with Crippen LogP contribution in [0.25, 0.3) is 17.0 Å². The molecule has 0 radical (unpaired) electrons. The van der Waals surface area contributed by atoms with Crippen LogP contribution in [0.15, 0.2) is 83.5 Å². The standard InChI is InChI=1S/C29H32N6O/c1-20(33-35-21(2)25-7-6-9-27(36-3)28(25)32-29(35)30)17-34(18-22-10-11-22)19-23-12-14-24(15-13-23)26-8-4-5-16-31-26/h4-9,12-16,22H,2,10-11,17-19H2,1,3H3,(H2,30,32)/b33-20+. The number of aliphatic imine (C=N–C) groups is 1. The highest BCUT2D eigenvalue weighted by atomic mass is 16.5. The number of fused-ring (bicyclic) bond motifs is 1. The largest absolute Gasteiger partial charge is 0.494 e. The number of para-hydroxylation sites is 1. The molecule has 2 aromatic carbocycles. The molecule has 0 spiro atoms. The Hall–Kier alpha value is -3.97. The minimum atomic E-state index is 0.287. The van der Waals surface area contributed by atoms with Gasteiger partial charge in [-0.3, -0.25) is 9.88 Å². The molecule has 1 saturated carbocycles. The number of methoxy groups -OCH3 is 1. The maximum atomic E-state index is 6.30. The zero-order valence-corrected chi connectivity index (χ0v) is 20.9. The van der Waals surface area contributed by atoms with Gasteiger partial charge in [-0.15, -0.1) is 0 Å². The third-order valence-corrected chi connectivity index (χ3v) is 6.49. The average molecular weight is 481 g/mol. The molecule has 0 amide bonds. The highest BCUT2D eigenvalue weighted by Crippen LogP contribution is 2.39. The van der Waals surface area contributed by atoms with Gasteiger partial charge in [0.2, 0.25) is 5.96 Å². The van der Waals surface area contributed by atoms with Gasteiger partial charge in [-0.1, -0.05) is 49.0 Å². The Kier molecular flexibility index (Phi) is 6.82. The van der Waals surface area contributed by atoms with Crippen LogP contribution >= 0.6 is 0 Å². The molecular weight excluding hydrogens is 448 g/mol. The van der Waals surface area contributed by atoms with Crippen molar-refractivity contribution in [2.75, 3.05) is 20.2 Å². The van der Waals surface area contributed by atoms with Gasteiger partial charge in [-0.05, 0) is 49.4 Å². The van der Waals surface area contributed by atoms with Crippen molar-refractivity contribution in [2.45, 2.75) is 26.3 Å². The van der Waals surface area contributed by atoms with Crippen LogP contribution in [-0.2, 0) is 6.54 Å². The lowest BCUT2D eigenvalue weighted by Gasteiger charge is -2.28. The van der Waals surface area contributed by atoms with Crippen LogP contribution in [0.4, 0.5) is 5.69 Å². The van der Waals surface area contributed by atoms with Gasteiger partial charge in [0.25, 0.3) is 0 Å². The third kappa shape index (κ3) is 5.31. The molecular formula is C29H32N6O. The van der Waals surface area contributed by atoms with E-state index >= 15 is 0 Å². The quantitative estimate of drug-likeness (QED) is 0.422. The first-order chi connectivity index (χ1) is 17.5. The molecule has 0 unspecified atom stereocenters. The molecule has 2 heterocycles. The summed E-state index contributed by atoms with van der Waals surface area (Å²) in [6, 6.07) is 20.4. The van der Waals surface area contributed by atoms with Gasteiger partial charge >= 0.3 is 0 Å². The van der Waals surface area contributed by atoms with Crippen molar-refractivity contribution >= 4 is 23.1 Å². The summed E-state index contributed by atoms with van der Waals surface area (Å²) in [6.07, 6.45) is 4.42. The maximum Gasteiger partial charge on any atom is 0.222 e. The Balaban J connectivity index is 1.31. The van der Waals surface area contributed by atoms with E-state index < -0.39 is 0 Å². The number of nitrogens with zero attached hydrogens (tertiary/aromatic N) is 5. The summed E-state index contributed by atoms with van der Waals surface area (Å²) in [5.41, 5.74) is 12.9. The van der Waals surface area contributed by atoms with E-state index in [1.165, 1.54) is 18.4 Å². The number of aromatic nitrogens is 1. The Morgan fingerprint density at radius 3 is 2.64 bits per heavy atom. The number of rotatable bonds is 9. The van der Waals surface area contributed by atoms with Crippen molar-refractivity contribution < 1.29 is 4.74 Å². The average Bonchev–Trinajstić information content (AvgIpc) is 3.71. The van der Waals surface area contributed by atoms with E-state index in [9.17, 15) is 0 Å². The number of ether oxygens (including phenoxy) is 1. The second-order valence-corrected chi connectivity index (χ2v) is 9.45. The van der Waals surface area contributed by atoms with E-state index in [4.69, 9.17) is 15.6 Å². The van der Waals surface area contributed by atoms with Crippen LogP contribution in [-0.4, -0.2) is 46.8 Å². The second kappa shape index (κ2) is 10.3. The van der Waals surface area contributed by atoms with Gasteiger partial charge in [-0.25, -0.2) is 10.0 Å². The first-order valence-corrected chi connectivity index (χ1v) is 12.3. The predicted molar refractivity (Wildman–Crippen MR) is 146 cm³/mol. The molecule has 36 heavy (non-hydrogen) atoms. The summed E-state index contributed by atoms with van der Waals surface area (Å²) < 4.78 is 5.44. The lowest BCUT2D eigenvalue weighted by atomic mass is 10.1. The van der Waals surface area contributed by atoms with Crippen LogP contribution < -0.4 is 10.5 Å². The molecule has 184 valence electrons. The fraction of sp³-hybridized carbons (Fsp3) is 0.276. The number of benzene rings is 2. The van der Waals surface area contributed by atoms with Crippen LogP contribution in [0.5, 0.6) is 5.75 Å². The second-order valence-electron chi connectivity index (χ2n) is 9.45. The number of nitrogens with two attached hydrogens (primary N) is 1. The number of hydrazone groups is 1. The predicted octanol–water partition coefficient (Wildman–Crippen LogP) is 5.28. The van der Waals surface area contributed by atoms with Gasteiger partial charge in [0.1, 0.15) is 11.4 Å². The summed E-state index contributed by atoms with van der Waals surface area (Å²) in [7, 11) is 1.62. The van der Waals surface area contributed by atoms with Gasteiger partial charge < -0.3 is 10.5 Å². The Morgan fingerprint density at radius 2 is 1.94 bits per heavy atom. The molecule has 0 atom stereocenters. The van der Waals surface area contributed by atoms with E-state index in [-0.39, 0.29) is 5.96 Å². The topological polar surface area (TPSA) is 79.3 Å². The van der Waals surface area contributed by atoms with E-state index in [0.29, 0.717) is 17.1 Å². The number of hydrogen-bond donors (Lipinski definition) is 1. The van der Waals surface area contributed by atoms with E-state index in [0.717, 1.165) is 48.1 Å². The minimum Gasteiger partial charge on any atom is -0.494 e. The molecule has 0 bridgehead atoms. The molecule has 1 aromatic heterocycles. The van der Waals surface area contributed by atoms with Crippen molar-refractivity contribution in [2.24, 2.45) is 21.7 Å². The van der Waals surface area contributed by atoms with Crippen LogP contribution in [0.1, 0.15) is 30.9 Å². The zero-order chi connectivity index (χ0) is 25.1. The summed E-state index contributed by atoms with van der Waals surface area (Å²) in [6.45, 7) is 8.92. The lowest BCUT2D eigenvalue weighted by Crippen LogP contribution is -2.36. The summed E-state index contributed by atoms with van der Waals surface area (Å²) in [5, 5.41) is 6.45. The molecule has 1 aliphatic heterocycles. The molecule has 7 nitrogen and oxygen atoms in total. The SMILES string of the molecule is C=C1c2cccc(OC)c2N=C(N)N1/N=C(\C)CN(Cc1ccc(-c2ccccn2)cc1)CC1CC1. The van der Waals surface area contributed by atoms with Crippen LogP contribution in [0.3, 0.4) is 0 Å². The van der Waals surface area contributed by atoms with Crippen molar-refractivity contribution in [1.82, 2.24) is 14.9 Å². The molecule has 1 fully saturated rings. The van der Waals surface area contributed by atoms with Crippen LogP contribution in [0.2, 0.25) is 0 Å². The van der Waals surface area contributed by atoms with Crippen molar-refractivity contribution in [3.05, 3.63) is 84.6 Å². The molecule has 7 heteroatoms. The summed E-state index contributed by atoms with van der Waals surface area (Å²) in [4.78, 5) is 11.5. The van der Waals surface area contributed by atoms with E-state index in [1.54, 1.807) is 12.1 Å². The summed E-state index contributed by atoms with van der Waals surface area (Å²) in [5.74, 6) is 1.72. The fourth-order valence-electron chi connectivity index (χ4n) is 4.51. The first kappa shape index (κ1) is 23.8. The maximum absolute atomic E-state index is 6.30. The highest BCUT2D eigenvalue weighted by molar-refractivity contribution is 5.98. The third-order valence-electron chi connectivity index (χ3n) is 6.49. The molecule has 2 aliphatic rings. The van der Waals surface area contributed by atoms with Crippen molar-refractivity contribution in [3.8, 4) is 17.0 Å². The molecule has 5 rings (SSSR count). The Bertz CT molecular complexity index is 1300. The number of hydrogen-bond acceptors (Lipinski definition) is 7. The molecule has 1 aliphatic carbocycles. The van der Waals surface area contributed by atoms with E-state index in [1.807, 2.05) is 49.5 Å². The van der Waals surface area contributed by atoms with Gasteiger partial charge in [0, 0.05) is 42.7 Å². The first-order valence-electron chi connectivity index (χ1n) is 12.3. The normalized spacial score (nSPS) is 15.6. The summed E-state index contributed by atoms with van der Waals surface area (Å²) >= 11 is 0. The molecule has 3 aromatic rings. The fourth-order valence-corrected chi connectivity index (χ4v) is 4.51. The zero-order valence-electron chi connectivity index (χ0n) is 20.9. The monoisotopic (exact) mass is 480 g/mol. The highest BCUT2D eigenvalue weighted by Gasteiger charge is 2.26. The van der Waals surface area contributed by atoms with Crippen LogP contribution in [0, 0.1) is 5.92 Å². The smallest absolute Gasteiger partial charge is 0.222 e. The number of pyridine rings is 1. The Labute approximate surface area is 212 Å². The molecule has 0 saturated heterocycles. The van der Waals surface area contributed by atoms with Crippen molar-refractivity contribution in [1.29, 1.82) is 0 Å².